The molecule has 16 heteroatoms. The minimum Gasteiger partial charge on any atom is -0.420 e. The van der Waals surface area contributed by atoms with Gasteiger partial charge in [0.05, 0.1) is 12.7 Å². The normalized spacial score (nSPS) is 29.3. The van der Waals surface area contributed by atoms with Crippen molar-refractivity contribution in [1.82, 2.24) is 35.7 Å². The van der Waals surface area contributed by atoms with Crippen LogP contribution in [0, 0.1) is 10.8 Å². The molecule has 4 N–H and O–H groups in total. The van der Waals surface area contributed by atoms with Crippen molar-refractivity contribution in [2.45, 2.75) is 37.4 Å². The lowest BCUT2D eigenvalue weighted by molar-refractivity contribution is -0.127. The second kappa shape index (κ2) is 6.59. The van der Waals surface area contributed by atoms with Crippen molar-refractivity contribution in [3.63, 3.8) is 0 Å². The molecule has 1 unspecified atom stereocenters. The monoisotopic (exact) mass is 456 g/mol. The van der Waals surface area contributed by atoms with E-state index in [1.807, 2.05) is 0 Å². The van der Waals surface area contributed by atoms with Gasteiger partial charge in [0, 0.05) is 6.54 Å². The van der Waals surface area contributed by atoms with Crippen molar-refractivity contribution in [3.8, 4) is 0 Å². The predicted molar refractivity (Wildman–Crippen MR) is 98.1 cm³/mol. The fourth-order valence-electron chi connectivity index (χ4n) is 4.56. The lowest BCUT2D eigenvalue weighted by atomic mass is 9.85. The maximum absolute atomic E-state index is 12.8. The Kier molecular flexibility index (Phi) is 4.27. The van der Waals surface area contributed by atoms with E-state index in [1.165, 1.54) is 9.80 Å². The second-order valence-corrected chi connectivity index (χ2v) is 9.05. The van der Waals surface area contributed by atoms with E-state index in [0.29, 0.717) is 11.5 Å². The summed E-state index contributed by atoms with van der Waals surface area (Å²) in [6.07, 6.45) is 1.95. The Morgan fingerprint density at radius 1 is 1.35 bits per heavy atom. The van der Waals surface area contributed by atoms with Crippen LogP contribution < -0.4 is 10.6 Å². The van der Waals surface area contributed by atoms with Crippen LogP contribution in [0.15, 0.2) is 4.42 Å². The molecule has 2 bridgehead atoms. The Labute approximate surface area is 176 Å². The third-order valence-corrected chi connectivity index (χ3v) is 6.55. The topological polar surface area (TPSA) is 194 Å². The lowest BCUT2D eigenvalue weighted by Gasteiger charge is -2.34. The number of carbonyl (C=O) groups is 2. The molecule has 1 aromatic rings. The fraction of sp³-hybridized carbons (Fsp3) is 0.667. The number of carbonyl (C=O) groups excluding carboxylic acids is 2. The van der Waals surface area contributed by atoms with Gasteiger partial charge in [0.15, 0.2) is 12.0 Å². The van der Waals surface area contributed by atoms with Gasteiger partial charge < -0.3 is 20.0 Å². The Hall–Kier alpha value is -2.82. The summed E-state index contributed by atoms with van der Waals surface area (Å²) in [5.41, 5.74) is -0.375. The highest BCUT2D eigenvalue weighted by Crippen LogP contribution is 2.61. The minimum absolute atomic E-state index is 0.0342. The highest BCUT2D eigenvalue weighted by atomic mass is 32.3. The number of hydrogen-bond donors (Lipinski definition) is 4. The zero-order chi connectivity index (χ0) is 22.1. The molecule has 1 aromatic heterocycles. The van der Waals surface area contributed by atoms with Gasteiger partial charge >= 0.3 is 16.4 Å². The molecule has 1 spiro atoms. The second-order valence-electron chi connectivity index (χ2n) is 8.04. The predicted octanol–water partition coefficient (Wildman–Crippen LogP) is -1.28. The molecule has 5 rings (SSSR count). The summed E-state index contributed by atoms with van der Waals surface area (Å²) in [7, 11) is -3.22. The van der Waals surface area contributed by atoms with E-state index in [-0.39, 0.29) is 36.4 Å². The average molecular weight is 456 g/mol. The van der Waals surface area contributed by atoms with E-state index in [2.05, 4.69) is 25.1 Å². The lowest BCUT2D eigenvalue weighted by Crippen LogP contribution is -2.43. The van der Waals surface area contributed by atoms with Crippen LogP contribution >= 0.6 is 0 Å². The first-order valence-electron chi connectivity index (χ1n) is 9.55. The maximum Gasteiger partial charge on any atom is 0.418 e. The molecule has 4 fully saturated rings. The third-order valence-electron chi connectivity index (χ3n) is 6.21. The number of aromatic nitrogens is 2. The summed E-state index contributed by atoms with van der Waals surface area (Å²) in [5.74, 6) is -0.459. The first-order chi connectivity index (χ1) is 14.6. The number of amides is 3. The minimum atomic E-state index is -4.86. The number of piperidine rings is 1. The number of hydrogen-bond acceptors (Lipinski definition) is 10. The van der Waals surface area contributed by atoms with E-state index in [4.69, 9.17) is 14.4 Å². The van der Waals surface area contributed by atoms with E-state index in [1.54, 1.807) is 7.05 Å². The molecule has 1 saturated carbocycles. The molecular formula is C15H20N8O7S. The number of hydroxylamine groups is 2. The van der Waals surface area contributed by atoms with Gasteiger partial charge in [-0.15, -0.1) is 14.5 Å². The summed E-state index contributed by atoms with van der Waals surface area (Å²) in [4.78, 5) is 27.9. The maximum atomic E-state index is 12.8. The number of nitrogens with zero attached hydrogens (tertiary/aromatic N) is 5. The number of urea groups is 1. The van der Waals surface area contributed by atoms with Crippen LogP contribution in [0.25, 0.3) is 0 Å². The molecule has 4 heterocycles. The molecular weight excluding hydrogens is 436 g/mol. The average Bonchev–Trinajstić information content (AvgIpc) is 3.05. The first kappa shape index (κ1) is 20.1. The molecule has 168 valence electrons. The van der Waals surface area contributed by atoms with Crippen LogP contribution in [-0.2, 0) is 19.5 Å². The largest absolute Gasteiger partial charge is 0.420 e. The van der Waals surface area contributed by atoms with Crippen LogP contribution in [0.4, 0.5) is 4.79 Å². The van der Waals surface area contributed by atoms with Gasteiger partial charge in [-0.25, -0.2) is 4.79 Å². The molecule has 3 aliphatic heterocycles. The smallest absolute Gasteiger partial charge is 0.418 e. The Morgan fingerprint density at radius 2 is 2.06 bits per heavy atom. The van der Waals surface area contributed by atoms with Gasteiger partial charge in [-0.1, -0.05) is 0 Å². The standard InChI is InChI=1S/C15H20N8O7S/c1-17-6-22-12(24)9(18-13(22)16)11-20-19-10(29-11)7-4-15(2-3-15)8-5-21(7)14(25)23(8)30-31(26,27)28/h7-9,17H,2-6H2,1H3,(H2,16,18)(H,26,27,28)/t7-,8-,9?/m0/s1. The number of rotatable bonds is 6. The van der Waals surface area contributed by atoms with Gasteiger partial charge in [0.2, 0.25) is 11.8 Å². The molecule has 4 aliphatic rings. The summed E-state index contributed by atoms with van der Waals surface area (Å²) in [5, 5.41) is 22.1. The van der Waals surface area contributed by atoms with Crippen molar-refractivity contribution in [2.24, 2.45) is 5.41 Å². The molecule has 3 saturated heterocycles. The highest BCUT2D eigenvalue weighted by molar-refractivity contribution is 7.80. The van der Waals surface area contributed by atoms with E-state index in [0.717, 1.165) is 12.8 Å². The van der Waals surface area contributed by atoms with Crippen molar-refractivity contribution < 1.29 is 31.3 Å². The number of guanidine groups is 1. The zero-order valence-corrected chi connectivity index (χ0v) is 17.1. The summed E-state index contributed by atoms with van der Waals surface area (Å²) in [6, 6.07) is -2.89. The van der Waals surface area contributed by atoms with E-state index in [9.17, 15) is 18.0 Å². The summed E-state index contributed by atoms with van der Waals surface area (Å²) < 4.78 is 41.7. The van der Waals surface area contributed by atoms with E-state index < -0.39 is 40.5 Å². The number of fused-ring (bicyclic) bond motifs is 3. The van der Waals surface area contributed by atoms with Crippen molar-refractivity contribution in [2.75, 3.05) is 20.3 Å². The van der Waals surface area contributed by atoms with Crippen LogP contribution in [0.3, 0.4) is 0 Å². The SMILES string of the molecule is CNCN1C(=N)NC(c2nnc([C@@H]3CC4(CC4)[C@@H]4CN3C(=O)N4OS(=O)(=O)O)o2)C1=O. The molecule has 31 heavy (non-hydrogen) atoms. The first-order valence-corrected chi connectivity index (χ1v) is 10.9. The highest BCUT2D eigenvalue weighted by Gasteiger charge is 2.65. The van der Waals surface area contributed by atoms with Crippen molar-refractivity contribution >= 4 is 28.3 Å². The van der Waals surface area contributed by atoms with Gasteiger partial charge in [0.1, 0.15) is 6.04 Å². The molecule has 1 aliphatic carbocycles. The zero-order valence-electron chi connectivity index (χ0n) is 16.3. The van der Waals surface area contributed by atoms with Crippen LogP contribution in [-0.4, -0.2) is 82.2 Å². The number of nitrogens with one attached hydrogen (secondary N) is 3. The summed E-state index contributed by atoms with van der Waals surface area (Å²) in [6.45, 7) is 0.318. The Bertz CT molecular complexity index is 1070. The van der Waals surface area contributed by atoms with Crippen LogP contribution in [0.2, 0.25) is 0 Å². The molecule has 3 atom stereocenters. The third kappa shape index (κ3) is 3.13. The van der Waals surface area contributed by atoms with Gasteiger partial charge in [0.25, 0.3) is 5.91 Å². The summed E-state index contributed by atoms with van der Waals surface area (Å²) >= 11 is 0. The van der Waals surface area contributed by atoms with Gasteiger partial charge in [-0.2, -0.15) is 13.5 Å². The Balaban J connectivity index is 1.40. The van der Waals surface area contributed by atoms with Gasteiger partial charge in [-0.3, -0.25) is 19.7 Å². The molecule has 3 amide bonds. The van der Waals surface area contributed by atoms with Crippen LogP contribution in [0.1, 0.15) is 43.1 Å². The van der Waals surface area contributed by atoms with Gasteiger partial charge in [-0.05, 0) is 31.7 Å². The molecule has 0 aromatic carbocycles. The van der Waals surface area contributed by atoms with Crippen molar-refractivity contribution in [3.05, 3.63) is 11.8 Å². The van der Waals surface area contributed by atoms with Crippen LogP contribution in [0.5, 0.6) is 0 Å². The quantitative estimate of drug-likeness (QED) is 0.372. The Morgan fingerprint density at radius 3 is 2.71 bits per heavy atom. The van der Waals surface area contributed by atoms with Crippen molar-refractivity contribution in [1.29, 1.82) is 5.41 Å². The molecule has 15 nitrogen and oxygen atoms in total. The fourth-order valence-corrected chi connectivity index (χ4v) is 4.93. The molecule has 0 radical (unpaired) electrons. The van der Waals surface area contributed by atoms with E-state index >= 15 is 0 Å².